The molecule has 0 saturated heterocycles. The highest BCUT2D eigenvalue weighted by Gasteiger charge is 2.17. The van der Waals surface area contributed by atoms with Crippen LogP contribution in [0.1, 0.15) is 0 Å². The predicted molar refractivity (Wildman–Crippen MR) is 241 cm³/mol. The summed E-state index contributed by atoms with van der Waals surface area (Å²) in [7, 11) is 0. The third-order valence-electron chi connectivity index (χ3n) is 11.6. The zero-order valence-electron chi connectivity index (χ0n) is 30.8. The summed E-state index contributed by atoms with van der Waals surface area (Å²) < 4.78 is 0. The van der Waals surface area contributed by atoms with Gasteiger partial charge in [-0.3, -0.25) is 0 Å². The van der Waals surface area contributed by atoms with Crippen molar-refractivity contribution in [1.29, 1.82) is 0 Å². The molecule has 260 valence electrons. The number of hydrogen-bond donors (Lipinski definition) is 0. The first-order chi connectivity index (χ1) is 27.8. The largest absolute Gasteiger partial charge is 0.0622 e. The van der Waals surface area contributed by atoms with Gasteiger partial charge >= 0.3 is 0 Å². The molecule has 0 radical (unpaired) electrons. The minimum Gasteiger partial charge on any atom is -0.0622 e. The van der Waals surface area contributed by atoms with Crippen LogP contribution in [0.3, 0.4) is 0 Å². The Bertz CT molecular complexity index is 3220. The van der Waals surface area contributed by atoms with Crippen LogP contribution < -0.4 is 0 Å². The smallest absolute Gasteiger partial charge is 0.00262 e. The molecular weight excluding hydrogens is 673 g/mol. The van der Waals surface area contributed by atoms with E-state index in [-0.39, 0.29) is 0 Å². The molecule has 0 unspecified atom stereocenters. The first kappa shape index (κ1) is 32.2. The molecule has 0 saturated carbocycles. The molecule has 0 nitrogen and oxygen atoms in total. The van der Waals surface area contributed by atoms with Crippen molar-refractivity contribution in [2.24, 2.45) is 0 Å². The normalized spacial score (nSPS) is 11.6. The van der Waals surface area contributed by atoms with Crippen LogP contribution >= 0.6 is 0 Å². The molecule has 0 fully saturated rings. The van der Waals surface area contributed by atoms with Crippen LogP contribution in [0.2, 0.25) is 0 Å². The minimum atomic E-state index is 1.21. The van der Waals surface area contributed by atoms with Gasteiger partial charge in [-0.2, -0.15) is 0 Å². The van der Waals surface area contributed by atoms with Crippen LogP contribution in [0.15, 0.2) is 218 Å². The summed E-state index contributed by atoms with van der Waals surface area (Å²) in [5.41, 5.74) is 12.4. The Balaban J connectivity index is 1.04. The maximum absolute atomic E-state index is 2.38. The first-order valence-corrected chi connectivity index (χ1v) is 19.4. The van der Waals surface area contributed by atoms with Gasteiger partial charge in [-0.1, -0.05) is 194 Å². The summed E-state index contributed by atoms with van der Waals surface area (Å²) in [6, 6.07) is 80.3. The van der Waals surface area contributed by atoms with E-state index in [9.17, 15) is 0 Å². The van der Waals surface area contributed by atoms with Gasteiger partial charge in [0.1, 0.15) is 0 Å². The molecule has 0 aromatic heterocycles. The zero-order chi connectivity index (χ0) is 37.0. The average Bonchev–Trinajstić information content (AvgIpc) is 3.28. The lowest BCUT2D eigenvalue weighted by molar-refractivity contribution is 1.62. The van der Waals surface area contributed by atoms with Crippen LogP contribution in [0.5, 0.6) is 0 Å². The van der Waals surface area contributed by atoms with Crippen molar-refractivity contribution < 1.29 is 0 Å². The molecule has 0 heterocycles. The van der Waals surface area contributed by atoms with E-state index in [0.717, 1.165) is 0 Å². The monoisotopic (exact) mass is 708 g/mol. The molecule has 0 spiro atoms. The molecular formula is C56H36. The number of hydrogen-bond acceptors (Lipinski definition) is 0. The minimum absolute atomic E-state index is 1.21. The highest BCUT2D eigenvalue weighted by Crippen LogP contribution is 2.45. The summed E-state index contributed by atoms with van der Waals surface area (Å²) in [6.45, 7) is 0. The number of rotatable bonds is 5. The van der Waals surface area contributed by atoms with E-state index in [2.05, 4.69) is 218 Å². The predicted octanol–water partition coefficient (Wildman–Crippen LogP) is 15.8. The second-order valence-corrected chi connectivity index (χ2v) is 14.8. The standard InChI is InChI=1S/C56H36/c1-2-14-39(15-3-1)53-36-45-17-6-7-20-47(45)54-35-44(31-32-48(53)54)38-25-28-40(29-26-38)55-49-21-8-10-23-51(49)56(52-24-11-9-22-50(52)55)46-19-12-18-42(34-46)43-30-27-37-13-4-5-16-41(37)33-43/h1-36H. The van der Waals surface area contributed by atoms with E-state index in [1.165, 1.54) is 109 Å². The van der Waals surface area contributed by atoms with Crippen LogP contribution in [0.25, 0.3) is 109 Å². The van der Waals surface area contributed by atoms with Gasteiger partial charge in [0.25, 0.3) is 0 Å². The molecule has 0 aliphatic carbocycles. The molecule has 11 aromatic rings. The number of benzene rings is 11. The lowest BCUT2D eigenvalue weighted by atomic mass is 9.85. The highest BCUT2D eigenvalue weighted by atomic mass is 14.2. The SMILES string of the molecule is c1ccc(-c2cc3ccccc3c3cc(-c4ccc(-c5c6ccccc6c(-c6cccc(-c7ccc8ccccc8c7)c6)c6ccccc56)cc4)ccc23)cc1. The van der Waals surface area contributed by atoms with Crippen LogP contribution in [0, 0.1) is 0 Å². The first-order valence-electron chi connectivity index (χ1n) is 19.4. The fourth-order valence-corrected chi connectivity index (χ4v) is 8.94. The maximum Gasteiger partial charge on any atom is -0.00262 e. The van der Waals surface area contributed by atoms with Gasteiger partial charge < -0.3 is 0 Å². The molecule has 0 aliphatic heterocycles. The van der Waals surface area contributed by atoms with E-state index in [4.69, 9.17) is 0 Å². The van der Waals surface area contributed by atoms with Crippen molar-refractivity contribution >= 4 is 53.9 Å². The van der Waals surface area contributed by atoms with E-state index in [0.29, 0.717) is 0 Å². The third-order valence-corrected chi connectivity index (χ3v) is 11.6. The fraction of sp³-hybridized carbons (Fsp3) is 0. The van der Waals surface area contributed by atoms with Crippen LogP contribution in [-0.2, 0) is 0 Å². The zero-order valence-corrected chi connectivity index (χ0v) is 30.8. The molecule has 56 heavy (non-hydrogen) atoms. The quantitative estimate of drug-likeness (QED) is 0.123. The number of fused-ring (bicyclic) bond motifs is 6. The van der Waals surface area contributed by atoms with Gasteiger partial charge in [-0.25, -0.2) is 0 Å². The van der Waals surface area contributed by atoms with Gasteiger partial charge in [0, 0.05) is 0 Å². The molecule has 0 bridgehead atoms. The summed E-state index contributed by atoms with van der Waals surface area (Å²) >= 11 is 0. The fourth-order valence-electron chi connectivity index (χ4n) is 8.94. The van der Waals surface area contributed by atoms with Crippen molar-refractivity contribution in [1.82, 2.24) is 0 Å². The van der Waals surface area contributed by atoms with E-state index in [1.807, 2.05) is 0 Å². The molecule has 11 aromatic carbocycles. The molecule has 11 rings (SSSR count). The van der Waals surface area contributed by atoms with Gasteiger partial charge in [0.2, 0.25) is 0 Å². The Labute approximate surface area is 326 Å². The van der Waals surface area contributed by atoms with Crippen molar-refractivity contribution in [2.75, 3.05) is 0 Å². The van der Waals surface area contributed by atoms with Crippen LogP contribution in [0.4, 0.5) is 0 Å². The lowest BCUT2D eigenvalue weighted by Crippen LogP contribution is -1.91. The Morgan fingerprint density at radius 1 is 0.179 bits per heavy atom. The molecule has 0 N–H and O–H groups in total. The van der Waals surface area contributed by atoms with Gasteiger partial charge in [0.05, 0.1) is 0 Å². The second kappa shape index (κ2) is 13.2. The second-order valence-electron chi connectivity index (χ2n) is 14.8. The topological polar surface area (TPSA) is 0 Å². The summed E-state index contributed by atoms with van der Waals surface area (Å²) in [5, 5.41) is 12.6. The summed E-state index contributed by atoms with van der Waals surface area (Å²) in [4.78, 5) is 0. The summed E-state index contributed by atoms with van der Waals surface area (Å²) in [5.74, 6) is 0. The Morgan fingerprint density at radius 2 is 0.661 bits per heavy atom. The summed E-state index contributed by atoms with van der Waals surface area (Å²) in [6.07, 6.45) is 0. The maximum atomic E-state index is 2.38. The van der Waals surface area contributed by atoms with Crippen molar-refractivity contribution in [3.8, 4) is 55.6 Å². The Kier molecular flexibility index (Phi) is 7.60. The molecule has 0 amide bonds. The highest BCUT2D eigenvalue weighted by molar-refractivity contribution is 6.21. The molecule has 0 aliphatic rings. The molecule has 0 atom stereocenters. The van der Waals surface area contributed by atoms with E-state index in [1.54, 1.807) is 0 Å². The Morgan fingerprint density at radius 3 is 1.38 bits per heavy atom. The average molecular weight is 709 g/mol. The Hall–Kier alpha value is -7.28. The van der Waals surface area contributed by atoms with Crippen molar-refractivity contribution in [3.05, 3.63) is 218 Å². The lowest BCUT2D eigenvalue weighted by Gasteiger charge is -2.18. The van der Waals surface area contributed by atoms with E-state index >= 15 is 0 Å². The molecule has 0 heteroatoms. The van der Waals surface area contributed by atoms with Gasteiger partial charge in [-0.05, 0) is 134 Å². The van der Waals surface area contributed by atoms with E-state index < -0.39 is 0 Å². The van der Waals surface area contributed by atoms with Crippen molar-refractivity contribution in [3.63, 3.8) is 0 Å². The van der Waals surface area contributed by atoms with Gasteiger partial charge in [-0.15, -0.1) is 0 Å². The van der Waals surface area contributed by atoms with Crippen molar-refractivity contribution in [2.45, 2.75) is 0 Å². The third kappa shape index (κ3) is 5.38. The van der Waals surface area contributed by atoms with Crippen LogP contribution in [-0.4, -0.2) is 0 Å². The van der Waals surface area contributed by atoms with Gasteiger partial charge in [0.15, 0.2) is 0 Å².